The summed E-state index contributed by atoms with van der Waals surface area (Å²) in [6, 6.07) is 15.6. The predicted octanol–water partition coefficient (Wildman–Crippen LogP) is 3.14. The van der Waals surface area contributed by atoms with Crippen molar-refractivity contribution >= 4 is 35.0 Å². The molecule has 0 radical (unpaired) electrons. The van der Waals surface area contributed by atoms with E-state index in [0.717, 1.165) is 18.7 Å². The minimum Gasteiger partial charge on any atom is -0.375 e. The molecule has 0 aliphatic heterocycles. The van der Waals surface area contributed by atoms with Crippen LogP contribution in [-0.4, -0.2) is 43.5 Å². The molecule has 0 saturated carbocycles. The van der Waals surface area contributed by atoms with Crippen molar-refractivity contribution in [3.8, 4) is 0 Å². The third-order valence-corrected chi connectivity index (χ3v) is 4.72. The summed E-state index contributed by atoms with van der Waals surface area (Å²) < 4.78 is 12.8. The molecule has 5 nitrogen and oxygen atoms in total. The zero-order valence-electron chi connectivity index (χ0n) is 15.3. The van der Waals surface area contributed by atoms with Gasteiger partial charge in [-0.05, 0) is 42.8 Å². The van der Waals surface area contributed by atoms with Crippen LogP contribution in [0.3, 0.4) is 0 Å². The van der Waals surface area contributed by atoms with Crippen molar-refractivity contribution in [3.63, 3.8) is 0 Å². The molecule has 0 atom stereocenters. The van der Waals surface area contributed by atoms with Gasteiger partial charge in [-0.15, -0.1) is 11.8 Å². The number of benzene rings is 2. The first kappa shape index (κ1) is 20.8. The number of thioether (sulfide) groups is 1. The summed E-state index contributed by atoms with van der Waals surface area (Å²) in [6.45, 7) is 1.44. The van der Waals surface area contributed by atoms with Crippen molar-refractivity contribution in [1.82, 2.24) is 5.32 Å². The first-order chi connectivity index (χ1) is 13.0. The summed E-state index contributed by atoms with van der Waals surface area (Å²) in [4.78, 5) is 25.7. The maximum Gasteiger partial charge on any atom is 0.234 e. The number of hydrogen-bond donors (Lipinski definition) is 2. The number of amides is 2. The Morgan fingerprint density at radius 2 is 1.67 bits per heavy atom. The lowest BCUT2D eigenvalue weighted by Crippen LogP contribution is -2.29. The Hall–Kier alpha value is -2.54. The highest BCUT2D eigenvalue weighted by molar-refractivity contribution is 8.00. The number of carbonyl (C=O) groups is 2. The Morgan fingerprint density at radius 3 is 2.37 bits per heavy atom. The first-order valence-electron chi connectivity index (χ1n) is 8.70. The first-order valence-corrected chi connectivity index (χ1v) is 9.86. The monoisotopic (exact) mass is 389 g/mol. The van der Waals surface area contributed by atoms with Gasteiger partial charge in [-0.2, -0.15) is 0 Å². The lowest BCUT2D eigenvalue weighted by molar-refractivity contribution is -0.118. The molecule has 0 spiro atoms. The smallest absolute Gasteiger partial charge is 0.234 e. The Morgan fingerprint density at radius 1 is 1.00 bits per heavy atom. The molecule has 0 bridgehead atoms. The third-order valence-electron chi connectivity index (χ3n) is 3.78. The minimum absolute atomic E-state index is 0.0862. The molecule has 2 N–H and O–H groups in total. The number of rotatable bonds is 10. The topological polar surface area (TPSA) is 61.4 Å². The van der Waals surface area contributed by atoms with E-state index in [2.05, 4.69) is 15.5 Å². The highest BCUT2D eigenvalue weighted by Crippen LogP contribution is 2.11. The lowest BCUT2D eigenvalue weighted by atomic mass is 10.3. The van der Waals surface area contributed by atoms with Gasteiger partial charge in [-0.3, -0.25) is 9.59 Å². The number of nitrogens with zero attached hydrogens (tertiary/aromatic N) is 1. The maximum absolute atomic E-state index is 12.8. The SMILES string of the molecule is CN(CCCNC(=O)CSCC(=O)Nc1ccc(F)cc1)c1ccccc1. The van der Waals surface area contributed by atoms with Gasteiger partial charge in [0.15, 0.2) is 0 Å². The molecule has 2 aromatic carbocycles. The molecular formula is C20H24FN3O2S. The molecule has 0 saturated heterocycles. The molecule has 0 heterocycles. The maximum atomic E-state index is 12.8. The van der Waals surface area contributed by atoms with Crippen molar-refractivity contribution < 1.29 is 14.0 Å². The quantitative estimate of drug-likeness (QED) is 0.613. The zero-order valence-corrected chi connectivity index (χ0v) is 16.1. The third kappa shape index (κ3) is 8.13. The summed E-state index contributed by atoms with van der Waals surface area (Å²) in [7, 11) is 2.02. The van der Waals surface area contributed by atoms with Crippen LogP contribution in [0.4, 0.5) is 15.8 Å². The summed E-state index contributed by atoms with van der Waals surface area (Å²) in [5, 5.41) is 5.52. The molecule has 0 fully saturated rings. The van der Waals surface area contributed by atoms with Gasteiger partial charge in [0.25, 0.3) is 0 Å². The van der Waals surface area contributed by atoms with E-state index >= 15 is 0 Å². The van der Waals surface area contributed by atoms with E-state index in [1.165, 1.54) is 36.0 Å². The minimum atomic E-state index is -0.353. The molecule has 0 unspecified atom stereocenters. The number of hydrogen-bond acceptors (Lipinski definition) is 4. The van der Waals surface area contributed by atoms with Gasteiger partial charge in [-0.25, -0.2) is 4.39 Å². The average molecular weight is 389 g/mol. The molecule has 2 rings (SSSR count). The van der Waals surface area contributed by atoms with Crippen LogP contribution in [0.25, 0.3) is 0 Å². The van der Waals surface area contributed by atoms with E-state index in [4.69, 9.17) is 0 Å². The summed E-state index contributed by atoms with van der Waals surface area (Å²) in [5.41, 5.74) is 1.68. The Kier molecular flexibility index (Phi) is 8.64. The van der Waals surface area contributed by atoms with Crippen molar-refractivity contribution in [2.45, 2.75) is 6.42 Å². The van der Waals surface area contributed by atoms with Crippen LogP contribution in [0, 0.1) is 5.82 Å². The highest BCUT2D eigenvalue weighted by Gasteiger charge is 2.06. The summed E-state index contributed by atoms with van der Waals surface area (Å²) >= 11 is 1.24. The van der Waals surface area contributed by atoms with Gasteiger partial charge in [0.05, 0.1) is 11.5 Å². The van der Waals surface area contributed by atoms with Gasteiger partial charge in [0, 0.05) is 31.5 Å². The van der Waals surface area contributed by atoms with Crippen LogP contribution >= 0.6 is 11.8 Å². The van der Waals surface area contributed by atoms with Gasteiger partial charge in [-0.1, -0.05) is 18.2 Å². The number of carbonyl (C=O) groups excluding carboxylic acids is 2. The largest absolute Gasteiger partial charge is 0.375 e. The van der Waals surface area contributed by atoms with Gasteiger partial charge in [0.2, 0.25) is 11.8 Å². The molecule has 27 heavy (non-hydrogen) atoms. The van der Waals surface area contributed by atoms with Crippen LogP contribution < -0.4 is 15.5 Å². The number of halogens is 1. The van der Waals surface area contributed by atoms with E-state index in [9.17, 15) is 14.0 Å². The number of nitrogens with one attached hydrogen (secondary N) is 2. The van der Waals surface area contributed by atoms with Crippen LogP contribution in [0.2, 0.25) is 0 Å². The zero-order chi connectivity index (χ0) is 19.5. The van der Waals surface area contributed by atoms with Crippen LogP contribution in [-0.2, 0) is 9.59 Å². The van der Waals surface area contributed by atoms with Crippen LogP contribution in [0.15, 0.2) is 54.6 Å². The van der Waals surface area contributed by atoms with E-state index in [0.29, 0.717) is 12.2 Å². The molecule has 0 aromatic heterocycles. The molecule has 0 aliphatic carbocycles. The number of para-hydroxylation sites is 1. The molecule has 0 aliphatic rings. The van der Waals surface area contributed by atoms with Gasteiger partial charge >= 0.3 is 0 Å². The normalized spacial score (nSPS) is 10.3. The van der Waals surface area contributed by atoms with E-state index in [-0.39, 0.29) is 29.1 Å². The van der Waals surface area contributed by atoms with Crippen LogP contribution in [0.1, 0.15) is 6.42 Å². The van der Waals surface area contributed by atoms with Crippen molar-refractivity contribution in [3.05, 3.63) is 60.4 Å². The van der Waals surface area contributed by atoms with E-state index in [1.54, 1.807) is 0 Å². The fourth-order valence-corrected chi connectivity index (χ4v) is 3.02. The summed E-state index contributed by atoms with van der Waals surface area (Å²) in [5.74, 6) is -0.262. The molecule has 7 heteroatoms. The van der Waals surface area contributed by atoms with Crippen LogP contribution in [0.5, 0.6) is 0 Å². The van der Waals surface area contributed by atoms with Crippen molar-refractivity contribution in [2.75, 3.05) is 41.9 Å². The number of anilines is 2. The molecule has 144 valence electrons. The second-order valence-electron chi connectivity index (χ2n) is 6.01. The Balaban J connectivity index is 1.54. The molecule has 2 aromatic rings. The second-order valence-corrected chi connectivity index (χ2v) is 6.99. The van der Waals surface area contributed by atoms with Gasteiger partial charge in [0.1, 0.15) is 5.82 Å². The average Bonchev–Trinajstić information content (AvgIpc) is 2.67. The fourth-order valence-electron chi connectivity index (χ4n) is 2.37. The molecular weight excluding hydrogens is 365 g/mol. The Bertz CT molecular complexity index is 726. The van der Waals surface area contributed by atoms with E-state index < -0.39 is 0 Å². The predicted molar refractivity (Wildman–Crippen MR) is 110 cm³/mol. The fraction of sp³-hybridized carbons (Fsp3) is 0.300. The second kappa shape index (κ2) is 11.2. The summed E-state index contributed by atoms with van der Waals surface area (Å²) in [6.07, 6.45) is 0.840. The Labute approximate surface area is 163 Å². The van der Waals surface area contributed by atoms with Crippen molar-refractivity contribution in [2.24, 2.45) is 0 Å². The van der Waals surface area contributed by atoms with Gasteiger partial charge < -0.3 is 15.5 Å². The highest BCUT2D eigenvalue weighted by atomic mass is 32.2. The molecule has 2 amide bonds. The van der Waals surface area contributed by atoms with E-state index in [1.807, 2.05) is 37.4 Å². The van der Waals surface area contributed by atoms with Crippen molar-refractivity contribution in [1.29, 1.82) is 0 Å². The standard InChI is InChI=1S/C20H24FN3O2S/c1-24(18-6-3-2-4-7-18)13-5-12-22-19(25)14-27-15-20(26)23-17-10-8-16(21)9-11-17/h2-4,6-11H,5,12-15H2,1H3,(H,22,25)(H,23,26). The lowest BCUT2D eigenvalue weighted by Gasteiger charge is -2.19.